The molecule has 0 aliphatic heterocycles. The smallest absolute Gasteiger partial charge is 0.295 e. The second-order valence-electron chi connectivity index (χ2n) is 6.16. The molecule has 0 aliphatic rings. The average Bonchev–Trinajstić information content (AvgIpc) is 2.59. The molecule has 0 unspecified atom stereocenters. The summed E-state index contributed by atoms with van der Waals surface area (Å²) in [4.78, 5) is -1.79. The SMILES string of the molecule is NS(=O)(=O)c1ccc(Nc2ccc3c(S(=O)(=O)O)cc(S(=O)(=O)O)cc3c2)c(O)c1. The van der Waals surface area contributed by atoms with Crippen LogP contribution in [0.1, 0.15) is 0 Å². The topological polar surface area (TPSA) is 201 Å². The monoisotopic (exact) mass is 474 g/mol. The number of primary sulfonamides is 1. The summed E-state index contributed by atoms with van der Waals surface area (Å²) in [6, 6.07) is 8.86. The molecule has 0 atom stereocenters. The lowest BCUT2D eigenvalue weighted by Crippen LogP contribution is -2.11. The van der Waals surface area contributed by atoms with Crippen molar-refractivity contribution < 1.29 is 39.5 Å². The normalized spacial score (nSPS) is 12.8. The molecule has 6 N–H and O–H groups in total. The Hall–Kier alpha value is -2.75. The van der Waals surface area contributed by atoms with E-state index in [9.17, 15) is 39.5 Å². The standard InChI is InChI=1S/C16H14N2O9S3/c17-28(20,21)11-2-4-14(15(19)7-11)18-10-1-3-13-9(5-10)6-12(29(22,23)24)8-16(13)30(25,26)27/h1-8,18-19H,(H2,17,20,21)(H,22,23,24)(H,25,26,27). The second-order valence-corrected chi connectivity index (χ2v) is 10.5. The molecule has 0 aromatic heterocycles. The second kappa shape index (κ2) is 7.19. The molecule has 14 heteroatoms. The fourth-order valence-corrected chi connectivity index (χ4v) is 4.59. The van der Waals surface area contributed by atoms with Crippen molar-refractivity contribution in [1.29, 1.82) is 0 Å². The highest BCUT2D eigenvalue weighted by Gasteiger charge is 2.20. The van der Waals surface area contributed by atoms with Crippen LogP contribution in [0, 0.1) is 0 Å². The molecule has 0 bridgehead atoms. The first-order chi connectivity index (χ1) is 13.7. The molecule has 0 radical (unpaired) electrons. The van der Waals surface area contributed by atoms with Crippen molar-refractivity contribution in [3.63, 3.8) is 0 Å². The van der Waals surface area contributed by atoms with Crippen LogP contribution < -0.4 is 10.5 Å². The van der Waals surface area contributed by atoms with Gasteiger partial charge in [-0.3, -0.25) is 9.11 Å². The summed E-state index contributed by atoms with van der Waals surface area (Å²) in [5, 5.41) is 17.8. The highest BCUT2D eigenvalue weighted by atomic mass is 32.2. The Bertz CT molecular complexity index is 1500. The van der Waals surface area contributed by atoms with E-state index in [4.69, 9.17) is 5.14 Å². The van der Waals surface area contributed by atoms with Gasteiger partial charge in [-0.1, -0.05) is 6.07 Å². The van der Waals surface area contributed by atoms with E-state index >= 15 is 0 Å². The molecule has 0 fully saturated rings. The van der Waals surface area contributed by atoms with Crippen LogP contribution in [0.5, 0.6) is 5.75 Å². The van der Waals surface area contributed by atoms with Gasteiger partial charge in [0.05, 0.1) is 15.5 Å². The van der Waals surface area contributed by atoms with E-state index in [2.05, 4.69) is 5.32 Å². The zero-order valence-electron chi connectivity index (χ0n) is 14.7. The molecule has 0 saturated heterocycles. The average molecular weight is 474 g/mol. The maximum absolute atomic E-state index is 11.6. The molecular formula is C16H14N2O9S3. The van der Waals surface area contributed by atoms with Crippen molar-refractivity contribution in [3.05, 3.63) is 48.5 Å². The Morgan fingerprint density at radius 3 is 1.97 bits per heavy atom. The quantitative estimate of drug-likeness (QED) is 0.266. The van der Waals surface area contributed by atoms with Gasteiger partial charge in [-0.15, -0.1) is 0 Å². The van der Waals surface area contributed by atoms with E-state index in [0.29, 0.717) is 6.07 Å². The molecule has 0 saturated carbocycles. The summed E-state index contributed by atoms with van der Waals surface area (Å²) in [6.45, 7) is 0. The summed E-state index contributed by atoms with van der Waals surface area (Å²) in [5.41, 5.74) is 0.317. The number of hydrogen-bond donors (Lipinski definition) is 5. The predicted molar refractivity (Wildman–Crippen MR) is 106 cm³/mol. The fourth-order valence-electron chi connectivity index (χ4n) is 2.70. The first-order valence-electron chi connectivity index (χ1n) is 7.82. The van der Waals surface area contributed by atoms with Gasteiger partial charge in [-0.25, -0.2) is 13.6 Å². The van der Waals surface area contributed by atoms with Crippen LogP contribution in [0.2, 0.25) is 0 Å². The number of phenols is 1. The molecular weight excluding hydrogens is 460 g/mol. The van der Waals surface area contributed by atoms with Crippen LogP contribution in [0.15, 0.2) is 63.2 Å². The van der Waals surface area contributed by atoms with Crippen molar-refractivity contribution in [3.8, 4) is 5.75 Å². The Morgan fingerprint density at radius 2 is 1.43 bits per heavy atom. The number of phenolic OH excluding ortho intramolecular Hbond substituents is 1. The van der Waals surface area contributed by atoms with Crippen LogP contribution >= 0.6 is 0 Å². The van der Waals surface area contributed by atoms with E-state index < -0.39 is 45.8 Å². The van der Waals surface area contributed by atoms with Crippen molar-refractivity contribution >= 4 is 52.4 Å². The van der Waals surface area contributed by atoms with E-state index in [-0.39, 0.29) is 27.0 Å². The van der Waals surface area contributed by atoms with E-state index in [1.54, 1.807) is 0 Å². The maximum Gasteiger partial charge on any atom is 0.295 e. The van der Waals surface area contributed by atoms with Gasteiger partial charge in [0, 0.05) is 17.1 Å². The lowest BCUT2D eigenvalue weighted by atomic mass is 10.1. The van der Waals surface area contributed by atoms with Crippen LogP contribution in [-0.2, 0) is 30.3 Å². The minimum atomic E-state index is -4.81. The minimum Gasteiger partial charge on any atom is -0.506 e. The molecule has 0 amide bonds. The summed E-state index contributed by atoms with van der Waals surface area (Å²) in [6.07, 6.45) is 0. The van der Waals surface area contributed by atoms with Crippen molar-refractivity contribution in [1.82, 2.24) is 0 Å². The first-order valence-corrected chi connectivity index (χ1v) is 12.2. The van der Waals surface area contributed by atoms with Crippen LogP contribution in [-0.4, -0.2) is 39.5 Å². The van der Waals surface area contributed by atoms with E-state index in [1.807, 2.05) is 0 Å². The molecule has 3 aromatic rings. The van der Waals surface area contributed by atoms with Gasteiger partial charge in [-0.05, 0) is 41.8 Å². The van der Waals surface area contributed by atoms with E-state index in [0.717, 1.165) is 18.2 Å². The largest absolute Gasteiger partial charge is 0.506 e. The van der Waals surface area contributed by atoms with Crippen molar-refractivity contribution in [2.75, 3.05) is 5.32 Å². The number of fused-ring (bicyclic) bond motifs is 1. The van der Waals surface area contributed by atoms with Gasteiger partial charge >= 0.3 is 0 Å². The number of anilines is 2. The van der Waals surface area contributed by atoms with Gasteiger partial charge in [0.15, 0.2) is 0 Å². The van der Waals surface area contributed by atoms with Gasteiger partial charge < -0.3 is 10.4 Å². The summed E-state index contributed by atoms with van der Waals surface area (Å²) >= 11 is 0. The Balaban J connectivity index is 2.14. The van der Waals surface area contributed by atoms with Gasteiger partial charge in [0.25, 0.3) is 20.2 Å². The number of rotatable bonds is 5. The number of hydrogen-bond acceptors (Lipinski definition) is 8. The van der Waals surface area contributed by atoms with Gasteiger partial charge in [-0.2, -0.15) is 16.8 Å². The maximum atomic E-state index is 11.6. The van der Waals surface area contributed by atoms with Crippen molar-refractivity contribution in [2.45, 2.75) is 14.7 Å². The number of benzene rings is 3. The van der Waals surface area contributed by atoms with Gasteiger partial charge in [0.2, 0.25) is 10.0 Å². The highest BCUT2D eigenvalue weighted by molar-refractivity contribution is 7.89. The summed E-state index contributed by atoms with van der Waals surface area (Å²) in [5.74, 6) is -0.452. The molecule has 3 rings (SSSR count). The molecule has 30 heavy (non-hydrogen) atoms. The summed E-state index contributed by atoms with van der Waals surface area (Å²) in [7, 11) is -13.6. The molecule has 0 heterocycles. The Kier molecular flexibility index (Phi) is 5.26. The van der Waals surface area contributed by atoms with E-state index in [1.165, 1.54) is 24.3 Å². The Labute approximate surface area is 171 Å². The minimum absolute atomic E-state index is 0.0238. The van der Waals surface area contributed by atoms with Crippen molar-refractivity contribution in [2.24, 2.45) is 5.14 Å². The molecule has 160 valence electrons. The summed E-state index contributed by atoms with van der Waals surface area (Å²) < 4.78 is 87.5. The third-order valence-electron chi connectivity index (χ3n) is 4.04. The lowest BCUT2D eigenvalue weighted by molar-refractivity contribution is 0.475. The number of nitrogens with two attached hydrogens (primary N) is 1. The first kappa shape index (κ1) is 21.9. The molecule has 0 spiro atoms. The van der Waals surface area contributed by atoms with Crippen LogP contribution in [0.25, 0.3) is 10.8 Å². The molecule has 0 aliphatic carbocycles. The zero-order chi connectivity index (χ0) is 22.5. The number of aromatic hydroxyl groups is 1. The predicted octanol–water partition coefficient (Wildman–Crippen LogP) is 1.43. The lowest BCUT2D eigenvalue weighted by Gasteiger charge is -2.12. The number of nitrogens with one attached hydrogen (secondary N) is 1. The van der Waals surface area contributed by atoms with Crippen LogP contribution in [0.3, 0.4) is 0 Å². The third kappa shape index (κ3) is 4.53. The molecule has 3 aromatic carbocycles. The highest BCUT2D eigenvalue weighted by Crippen LogP contribution is 2.33. The Morgan fingerprint density at radius 1 is 0.767 bits per heavy atom. The zero-order valence-corrected chi connectivity index (χ0v) is 17.2. The third-order valence-corrected chi connectivity index (χ3v) is 6.68. The van der Waals surface area contributed by atoms with Crippen LogP contribution in [0.4, 0.5) is 11.4 Å². The fraction of sp³-hybridized carbons (Fsp3) is 0. The molecule has 11 nitrogen and oxygen atoms in total. The number of sulfonamides is 1. The van der Waals surface area contributed by atoms with Gasteiger partial charge in [0.1, 0.15) is 10.6 Å².